The maximum absolute atomic E-state index is 7.43. The molecule has 1 heterocycles. The Labute approximate surface area is 377 Å². The summed E-state index contributed by atoms with van der Waals surface area (Å²) in [6.45, 7) is 38.8. The molecule has 0 amide bonds. The van der Waals surface area contributed by atoms with E-state index in [-0.39, 0.29) is 22.5 Å². The van der Waals surface area contributed by atoms with Crippen LogP contribution in [0.2, 0.25) is 0 Å². The van der Waals surface area contributed by atoms with E-state index in [2.05, 4.69) is 87.6 Å². The zero-order valence-corrected chi connectivity index (χ0v) is 41.7. The van der Waals surface area contributed by atoms with Crippen molar-refractivity contribution in [1.29, 1.82) is 0 Å². The molecule has 0 fully saturated rings. The number of oxime groups is 2. The predicted molar refractivity (Wildman–Crippen MR) is 254 cm³/mol. The lowest BCUT2D eigenvalue weighted by Crippen LogP contribution is -2.32. The summed E-state index contributed by atoms with van der Waals surface area (Å²) in [4.78, 5) is 16.7. The fourth-order valence-corrected chi connectivity index (χ4v) is 10.4. The van der Waals surface area contributed by atoms with Crippen LogP contribution in [0.3, 0.4) is 0 Å². The lowest BCUT2D eigenvalue weighted by atomic mass is 9.70. The average Bonchev–Trinajstić information content (AvgIpc) is 3.57. The average molecular weight is 869 g/mol. The Hall–Kier alpha value is -4.68. The summed E-state index contributed by atoms with van der Waals surface area (Å²) in [6.07, 6.45) is 1.78. The number of ether oxygens (including phenoxy) is 4. The Bertz CT molecular complexity index is 2310. The third kappa shape index (κ3) is 8.54. The quantitative estimate of drug-likeness (QED) is 0.0715. The van der Waals surface area contributed by atoms with Crippen molar-refractivity contribution in [3.63, 3.8) is 0 Å². The Morgan fingerprint density at radius 2 is 1.08 bits per heavy atom. The van der Waals surface area contributed by atoms with Gasteiger partial charge >= 0.3 is 0 Å². The van der Waals surface area contributed by atoms with Crippen LogP contribution in [0.1, 0.15) is 165 Å². The number of benzene rings is 3. The fourth-order valence-electron chi connectivity index (χ4n) is 10.4. The summed E-state index contributed by atoms with van der Waals surface area (Å²) in [5.41, 5.74) is 22.0. The molecule has 1 unspecified atom stereocenters. The Balaban J connectivity index is 1.74. The number of hydrogen-bond donors (Lipinski definition) is 2. The van der Waals surface area contributed by atoms with Crippen LogP contribution in [0.5, 0.6) is 34.5 Å². The summed E-state index contributed by atoms with van der Waals surface area (Å²) >= 11 is 0. The molecule has 0 saturated heterocycles. The number of nitrogens with two attached hydrogens (primary N) is 2. The van der Waals surface area contributed by atoms with E-state index in [0.29, 0.717) is 40.7 Å². The maximum Gasteiger partial charge on any atom is 0.182 e. The van der Waals surface area contributed by atoms with Gasteiger partial charge in [0, 0.05) is 29.6 Å². The molecule has 346 valence electrons. The lowest BCUT2D eigenvalue weighted by Gasteiger charge is -2.36. The highest BCUT2D eigenvalue weighted by atomic mass is 16.7. The van der Waals surface area contributed by atoms with Gasteiger partial charge < -0.3 is 40.1 Å². The third-order valence-electron chi connectivity index (χ3n) is 13.3. The molecule has 0 saturated carbocycles. The first-order valence-corrected chi connectivity index (χ1v) is 22.8. The molecule has 63 heavy (non-hydrogen) atoms. The van der Waals surface area contributed by atoms with E-state index >= 15 is 0 Å². The van der Waals surface area contributed by atoms with Crippen LogP contribution in [0.25, 0.3) is 0 Å². The summed E-state index contributed by atoms with van der Waals surface area (Å²) in [7, 11) is 3.51. The number of methoxy groups -OCH3 is 2. The van der Waals surface area contributed by atoms with Crippen LogP contribution in [0, 0.1) is 13.8 Å². The molecule has 0 radical (unpaired) electrons. The van der Waals surface area contributed by atoms with Crippen molar-refractivity contribution < 1.29 is 28.6 Å². The second-order valence-corrected chi connectivity index (χ2v) is 21.0. The van der Waals surface area contributed by atoms with Gasteiger partial charge in [-0.1, -0.05) is 65.7 Å². The van der Waals surface area contributed by atoms with Gasteiger partial charge in [0.05, 0.1) is 25.3 Å². The van der Waals surface area contributed by atoms with E-state index in [1.54, 1.807) is 14.2 Å². The molecule has 1 atom stereocenters. The van der Waals surface area contributed by atoms with Gasteiger partial charge in [-0.3, -0.25) is 9.80 Å². The monoisotopic (exact) mass is 869 g/mol. The van der Waals surface area contributed by atoms with Gasteiger partial charge in [0.25, 0.3) is 0 Å². The second kappa shape index (κ2) is 17.0. The molecule has 2 aliphatic carbocycles. The minimum absolute atomic E-state index is 0.166. The van der Waals surface area contributed by atoms with Crippen LogP contribution >= 0.6 is 0 Å². The van der Waals surface area contributed by atoms with E-state index in [1.807, 2.05) is 55.4 Å². The molecule has 4 N–H and O–H groups in total. The van der Waals surface area contributed by atoms with E-state index in [9.17, 15) is 0 Å². The van der Waals surface area contributed by atoms with Crippen LogP contribution in [-0.2, 0) is 39.0 Å². The van der Waals surface area contributed by atoms with Crippen molar-refractivity contribution >= 4 is 11.7 Å². The van der Waals surface area contributed by atoms with Gasteiger partial charge in [0.15, 0.2) is 46.2 Å². The summed E-state index contributed by atoms with van der Waals surface area (Å²) in [5, 5.41) is 8.89. The van der Waals surface area contributed by atoms with Crippen molar-refractivity contribution in [2.24, 2.45) is 21.8 Å². The molecule has 3 aliphatic rings. The molecule has 12 heteroatoms. The first-order chi connectivity index (χ1) is 29.3. The highest BCUT2D eigenvalue weighted by Gasteiger charge is 2.59. The summed E-state index contributed by atoms with van der Waals surface area (Å²) < 4.78 is 27.1. The maximum atomic E-state index is 7.43. The van der Waals surface area contributed by atoms with Gasteiger partial charge in [-0.05, 0) is 151 Å². The van der Waals surface area contributed by atoms with Crippen LogP contribution in [0.4, 0.5) is 0 Å². The second-order valence-electron chi connectivity index (χ2n) is 21.0. The summed E-state index contributed by atoms with van der Waals surface area (Å²) in [5.74, 6) is 3.97. The molecule has 3 aromatic rings. The fraction of sp³-hybridized carbons (Fsp3) is 0.608. The van der Waals surface area contributed by atoms with Crippen molar-refractivity contribution in [3.05, 3.63) is 67.8 Å². The number of amidine groups is 2. The van der Waals surface area contributed by atoms with Crippen LogP contribution in [-0.4, -0.2) is 73.1 Å². The number of nitrogens with zero attached hydrogens (tertiary/aromatic N) is 4. The van der Waals surface area contributed by atoms with E-state index in [4.69, 9.17) is 40.1 Å². The molecule has 1 spiro atoms. The molecule has 12 nitrogen and oxygen atoms in total. The van der Waals surface area contributed by atoms with E-state index in [1.165, 1.54) is 27.8 Å². The highest BCUT2D eigenvalue weighted by molar-refractivity contribution is 6.08. The first kappa shape index (κ1) is 47.8. The Morgan fingerprint density at radius 1 is 0.651 bits per heavy atom. The predicted octanol–water partition coefficient (Wildman–Crippen LogP) is 10.4. The van der Waals surface area contributed by atoms with Crippen LogP contribution in [0.15, 0.2) is 22.4 Å². The van der Waals surface area contributed by atoms with Gasteiger partial charge in [-0.15, -0.1) is 0 Å². The molecule has 3 aromatic carbocycles. The SMILES string of the molecule is CCN(CC)Cc1c(OC)c(OC)cc2c1C1(CC2(C)C)CC(C)(C)c2cc3c(c(CN(CC)CC)c21)Oc1c(c(/C(N)=N/OC(C)(C)C)c(C)c(C)c1/C(N)=N/OC(C)(C)C)O3. The first-order valence-electron chi connectivity index (χ1n) is 22.8. The number of fused-ring (bicyclic) bond motifs is 6. The highest BCUT2D eigenvalue weighted by Crippen LogP contribution is 2.68. The molecule has 1 aliphatic heterocycles. The lowest BCUT2D eigenvalue weighted by molar-refractivity contribution is 0.000473. The van der Waals surface area contributed by atoms with Crippen molar-refractivity contribution in [3.8, 4) is 34.5 Å². The topological polar surface area (TPSA) is 139 Å². The zero-order chi connectivity index (χ0) is 46.8. The number of rotatable bonds is 14. The zero-order valence-electron chi connectivity index (χ0n) is 41.7. The smallest absolute Gasteiger partial charge is 0.182 e. The van der Waals surface area contributed by atoms with E-state index in [0.717, 1.165) is 73.8 Å². The molecule has 0 bridgehead atoms. The minimum atomic E-state index is -0.584. The van der Waals surface area contributed by atoms with Crippen molar-refractivity contribution in [2.45, 2.75) is 164 Å². The standard InChI is InChI=1S/C51H76N6O6/c1-19-56(20-2)25-31-39-33(23-35(58-17)41(31)59-18)49(13,14)27-51(39)28-50(15,16)34-24-36-42(32(40(34)51)26-57(21-3)22-4)61-44-38(46(53)55-63-48(10,11)12)30(6)29(5)37(43(44)60-36)45(52)54-62-47(7,8)9/h23-24H,19-22,25-28H2,1-18H3,(H2,52,54)(H2,53,55). The molecule has 6 rings (SSSR count). The number of hydrogen-bond acceptors (Lipinski definition) is 10. The van der Waals surface area contributed by atoms with Gasteiger partial charge in [-0.2, -0.15) is 0 Å². The van der Waals surface area contributed by atoms with Crippen molar-refractivity contribution in [1.82, 2.24) is 9.80 Å². The molecular formula is C51H76N6O6. The minimum Gasteiger partial charge on any atom is -0.493 e. The summed E-state index contributed by atoms with van der Waals surface area (Å²) in [6, 6.07) is 4.47. The van der Waals surface area contributed by atoms with Crippen LogP contribution < -0.4 is 30.4 Å². The normalized spacial score (nSPS) is 18.8. The Kier molecular flexibility index (Phi) is 12.9. The molecular weight excluding hydrogens is 793 g/mol. The van der Waals surface area contributed by atoms with Gasteiger partial charge in [0.2, 0.25) is 0 Å². The largest absolute Gasteiger partial charge is 0.493 e. The van der Waals surface area contributed by atoms with Gasteiger partial charge in [0.1, 0.15) is 11.2 Å². The Morgan fingerprint density at radius 3 is 1.51 bits per heavy atom. The third-order valence-corrected chi connectivity index (χ3v) is 13.3. The van der Waals surface area contributed by atoms with E-state index < -0.39 is 16.6 Å². The van der Waals surface area contributed by atoms with Crippen molar-refractivity contribution in [2.75, 3.05) is 40.4 Å². The van der Waals surface area contributed by atoms with Gasteiger partial charge in [-0.25, -0.2) is 0 Å². The molecule has 0 aromatic heterocycles.